The summed E-state index contributed by atoms with van der Waals surface area (Å²) in [6.07, 6.45) is 0. The van der Waals surface area contributed by atoms with Crippen molar-refractivity contribution >= 4 is 5.69 Å². The average molecular weight is 273 g/mol. The molecule has 2 rings (SSSR count). The third-order valence-corrected chi connectivity index (χ3v) is 3.18. The van der Waals surface area contributed by atoms with E-state index in [1.807, 2.05) is 24.3 Å². The Morgan fingerprint density at radius 1 is 1.10 bits per heavy atom. The van der Waals surface area contributed by atoms with Crippen LogP contribution in [0.3, 0.4) is 0 Å². The quantitative estimate of drug-likeness (QED) is 0.847. The van der Waals surface area contributed by atoms with Gasteiger partial charge in [-0.05, 0) is 35.2 Å². The molecule has 0 aliphatic carbocycles. The highest BCUT2D eigenvalue weighted by Crippen LogP contribution is 2.31. The van der Waals surface area contributed by atoms with Gasteiger partial charge in [0.2, 0.25) is 0 Å². The maximum absolute atomic E-state index is 13.2. The number of anilines is 1. The molecule has 0 radical (unpaired) electrons. The van der Waals surface area contributed by atoms with Gasteiger partial charge in [0.1, 0.15) is 18.2 Å². The highest BCUT2D eigenvalue weighted by Gasteiger charge is 2.18. The summed E-state index contributed by atoms with van der Waals surface area (Å²) in [6, 6.07) is 12.2. The summed E-state index contributed by atoms with van der Waals surface area (Å²) in [5.41, 5.74) is 8.14. The number of rotatable bonds is 3. The molecule has 0 atom stereocenters. The Bertz CT molecular complexity index is 602. The summed E-state index contributed by atoms with van der Waals surface area (Å²) >= 11 is 0. The van der Waals surface area contributed by atoms with Crippen LogP contribution in [0, 0.1) is 5.82 Å². The predicted octanol–water partition coefficient (Wildman–Crippen LogP) is 4.28. The average Bonchev–Trinajstić information content (AvgIpc) is 2.39. The van der Waals surface area contributed by atoms with Gasteiger partial charge >= 0.3 is 0 Å². The molecular weight excluding hydrogens is 253 g/mol. The number of para-hydroxylation sites is 1. The lowest BCUT2D eigenvalue weighted by molar-refractivity contribution is 0.297. The topological polar surface area (TPSA) is 35.2 Å². The highest BCUT2D eigenvalue weighted by atomic mass is 19.1. The van der Waals surface area contributed by atoms with Crippen molar-refractivity contribution in [3.05, 3.63) is 59.4 Å². The van der Waals surface area contributed by atoms with Gasteiger partial charge < -0.3 is 10.5 Å². The van der Waals surface area contributed by atoms with E-state index < -0.39 is 0 Å². The van der Waals surface area contributed by atoms with E-state index >= 15 is 0 Å². The Kier molecular flexibility index (Phi) is 3.98. The van der Waals surface area contributed by atoms with Crippen LogP contribution >= 0.6 is 0 Å². The molecule has 0 aromatic heterocycles. The van der Waals surface area contributed by atoms with Crippen molar-refractivity contribution in [1.82, 2.24) is 0 Å². The summed E-state index contributed by atoms with van der Waals surface area (Å²) in [4.78, 5) is 0. The van der Waals surface area contributed by atoms with Crippen LogP contribution in [0.5, 0.6) is 5.75 Å². The van der Waals surface area contributed by atoms with Crippen LogP contribution < -0.4 is 10.5 Å². The number of hydrogen-bond acceptors (Lipinski definition) is 2. The number of halogens is 1. The molecule has 2 aromatic rings. The molecule has 0 spiro atoms. The molecule has 0 fully saturated rings. The highest BCUT2D eigenvalue weighted by molar-refractivity contribution is 5.47. The number of nitrogens with two attached hydrogens (primary N) is 1. The normalized spacial score (nSPS) is 11.4. The second-order valence-corrected chi connectivity index (χ2v) is 5.88. The summed E-state index contributed by atoms with van der Waals surface area (Å²) in [5.74, 6) is 0.505. The van der Waals surface area contributed by atoms with E-state index in [9.17, 15) is 4.39 Å². The van der Waals surface area contributed by atoms with Crippen LogP contribution in [-0.4, -0.2) is 0 Å². The molecule has 0 unspecified atom stereocenters. The lowest BCUT2D eigenvalue weighted by atomic mass is 9.86. The Morgan fingerprint density at radius 2 is 1.80 bits per heavy atom. The fourth-order valence-corrected chi connectivity index (χ4v) is 2.07. The van der Waals surface area contributed by atoms with E-state index in [2.05, 4.69) is 20.8 Å². The van der Waals surface area contributed by atoms with Crippen molar-refractivity contribution in [2.45, 2.75) is 32.8 Å². The number of ether oxygens (including phenoxy) is 1. The third-order valence-electron chi connectivity index (χ3n) is 3.18. The molecular formula is C17H20FNO. The number of benzene rings is 2. The van der Waals surface area contributed by atoms with Gasteiger partial charge in [-0.3, -0.25) is 0 Å². The zero-order valence-corrected chi connectivity index (χ0v) is 12.1. The third kappa shape index (κ3) is 3.29. The minimum Gasteiger partial charge on any atom is -0.489 e. The molecule has 20 heavy (non-hydrogen) atoms. The fraction of sp³-hybridized carbons (Fsp3) is 0.294. The van der Waals surface area contributed by atoms with Crippen molar-refractivity contribution in [3.8, 4) is 5.75 Å². The molecule has 106 valence electrons. The summed E-state index contributed by atoms with van der Waals surface area (Å²) in [7, 11) is 0. The smallest absolute Gasteiger partial charge is 0.123 e. The van der Waals surface area contributed by atoms with Crippen molar-refractivity contribution in [2.24, 2.45) is 0 Å². The van der Waals surface area contributed by atoms with Gasteiger partial charge in [-0.25, -0.2) is 4.39 Å². The summed E-state index contributed by atoms with van der Waals surface area (Å²) in [6.45, 7) is 6.65. The Hall–Kier alpha value is -2.03. The van der Waals surface area contributed by atoms with E-state index in [0.717, 1.165) is 11.3 Å². The van der Waals surface area contributed by atoms with E-state index in [0.29, 0.717) is 11.3 Å². The van der Waals surface area contributed by atoms with Crippen LogP contribution in [0.2, 0.25) is 0 Å². The second kappa shape index (κ2) is 5.53. The van der Waals surface area contributed by atoms with Crippen LogP contribution in [-0.2, 0) is 12.0 Å². The van der Waals surface area contributed by atoms with Crippen molar-refractivity contribution in [2.75, 3.05) is 5.73 Å². The van der Waals surface area contributed by atoms with E-state index in [1.54, 1.807) is 6.07 Å². The van der Waals surface area contributed by atoms with Gasteiger partial charge in [-0.1, -0.05) is 39.0 Å². The van der Waals surface area contributed by atoms with Crippen LogP contribution in [0.4, 0.5) is 10.1 Å². The molecule has 0 saturated carbocycles. The zero-order chi connectivity index (χ0) is 14.8. The molecule has 2 aromatic carbocycles. The predicted molar refractivity (Wildman–Crippen MR) is 80.3 cm³/mol. The van der Waals surface area contributed by atoms with Gasteiger partial charge in [0.15, 0.2) is 0 Å². The summed E-state index contributed by atoms with van der Waals surface area (Å²) in [5, 5.41) is 0. The number of hydrogen-bond donors (Lipinski definition) is 1. The van der Waals surface area contributed by atoms with Crippen LogP contribution in [0.25, 0.3) is 0 Å². The number of nitrogen functional groups attached to an aromatic ring is 1. The monoisotopic (exact) mass is 273 g/mol. The summed E-state index contributed by atoms with van der Waals surface area (Å²) < 4.78 is 19.1. The standard InChI is InChI=1S/C17H20FNO/c1-17(2,3)14-6-4-5-7-16(14)20-11-12-10-13(18)8-9-15(12)19/h4-10H,11,19H2,1-3H3. The maximum Gasteiger partial charge on any atom is 0.123 e. The van der Waals surface area contributed by atoms with Crippen molar-refractivity contribution in [3.63, 3.8) is 0 Å². The minimum atomic E-state index is -0.304. The van der Waals surface area contributed by atoms with Crippen LogP contribution in [0.15, 0.2) is 42.5 Å². The zero-order valence-electron chi connectivity index (χ0n) is 12.1. The Morgan fingerprint density at radius 3 is 2.50 bits per heavy atom. The van der Waals surface area contributed by atoms with Crippen molar-refractivity contribution in [1.29, 1.82) is 0 Å². The maximum atomic E-state index is 13.2. The van der Waals surface area contributed by atoms with Gasteiger partial charge in [0, 0.05) is 11.3 Å². The SMILES string of the molecule is CC(C)(C)c1ccccc1OCc1cc(F)ccc1N. The van der Waals surface area contributed by atoms with Gasteiger partial charge in [-0.2, -0.15) is 0 Å². The lowest BCUT2D eigenvalue weighted by Gasteiger charge is -2.22. The molecule has 0 saturated heterocycles. The van der Waals surface area contributed by atoms with Crippen molar-refractivity contribution < 1.29 is 9.13 Å². The van der Waals surface area contributed by atoms with E-state index in [-0.39, 0.29) is 17.8 Å². The molecule has 0 amide bonds. The molecule has 2 nitrogen and oxygen atoms in total. The molecule has 0 heterocycles. The van der Waals surface area contributed by atoms with E-state index in [4.69, 9.17) is 10.5 Å². The largest absolute Gasteiger partial charge is 0.489 e. The Balaban J connectivity index is 2.21. The van der Waals surface area contributed by atoms with Gasteiger partial charge in [-0.15, -0.1) is 0 Å². The first-order valence-electron chi connectivity index (χ1n) is 6.64. The molecule has 0 aliphatic rings. The Labute approximate surface area is 119 Å². The van der Waals surface area contributed by atoms with Crippen LogP contribution in [0.1, 0.15) is 31.9 Å². The second-order valence-electron chi connectivity index (χ2n) is 5.88. The van der Waals surface area contributed by atoms with E-state index in [1.165, 1.54) is 12.1 Å². The fourth-order valence-electron chi connectivity index (χ4n) is 2.07. The molecule has 3 heteroatoms. The van der Waals surface area contributed by atoms with Gasteiger partial charge in [0.05, 0.1) is 0 Å². The first-order chi connectivity index (χ1) is 9.38. The van der Waals surface area contributed by atoms with Gasteiger partial charge in [0.25, 0.3) is 0 Å². The minimum absolute atomic E-state index is 0.00985. The molecule has 0 bridgehead atoms. The lowest BCUT2D eigenvalue weighted by Crippen LogP contribution is -2.13. The first-order valence-corrected chi connectivity index (χ1v) is 6.64. The first kappa shape index (κ1) is 14.4. The molecule has 0 aliphatic heterocycles. The molecule has 2 N–H and O–H groups in total.